The number of amides is 1. The molecule has 0 saturated carbocycles. The van der Waals surface area contributed by atoms with Crippen molar-refractivity contribution >= 4 is 52.3 Å². The molecular formula is C13H14Cl4N2O2. The van der Waals surface area contributed by atoms with Gasteiger partial charge in [-0.25, -0.2) is 0 Å². The van der Waals surface area contributed by atoms with E-state index in [9.17, 15) is 4.79 Å². The molecule has 1 N–H and O–H groups in total. The molecule has 1 aromatic rings. The third kappa shape index (κ3) is 4.88. The summed E-state index contributed by atoms with van der Waals surface area (Å²) in [6.45, 7) is 2.24. The minimum absolute atomic E-state index is 0.325. The Bertz CT molecular complexity index is 484. The monoisotopic (exact) mass is 370 g/mol. The molecule has 1 atom stereocenters. The molecule has 0 radical (unpaired) electrons. The SMILES string of the molecule is O=C(NC(N1CCOCC1)C(Cl)(Cl)Cl)c1ccc(Cl)cc1. The van der Waals surface area contributed by atoms with E-state index >= 15 is 0 Å². The molecule has 1 unspecified atom stereocenters. The molecule has 1 aromatic carbocycles. The van der Waals surface area contributed by atoms with Crippen LogP contribution in [0.2, 0.25) is 5.02 Å². The quantitative estimate of drug-likeness (QED) is 0.830. The van der Waals surface area contributed by atoms with E-state index in [4.69, 9.17) is 51.1 Å². The molecule has 1 saturated heterocycles. The van der Waals surface area contributed by atoms with Crippen molar-refractivity contribution < 1.29 is 9.53 Å². The predicted octanol–water partition coefficient (Wildman–Crippen LogP) is 3.10. The van der Waals surface area contributed by atoms with Gasteiger partial charge in [-0.1, -0.05) is 46.4 Å². The van der Waals surface area contributed by atoms with Gasteiger partial charge >= 0.3 is 0 Å². The highest BCUT2D eigenvalue weighted by Crippen LogP contribution is 2.32. The van der Waals surface area contributed by atoms with Crippen molar-refractivity contribution in [2.24, 2.45) is 0 Å². The topological polar surface area (TPSA) is 41.6 Å². The van der Waals surface area contributed by atoms with Crippen LogP contribution in [0.3, 0.4) is 0 Å². The van der Waals surface area contributed by atoms with E-state index in [1.807, 2.05) is 4.90 Å². The summed E-state index contributed by atoms with van der Waals surface area (Å²) in [5.41, 5.74) is 0.451. The molecule has 0 spiro atoms. The maximum Gasteiger partial charge on any atom is 0.252 e. The zero-order valence-electron chi connectivity index (χ0n) is 11.0. The first-order valence-electron chi connectivity index (χ1n) is 6.33. The molecule has 0 aromatic heterocycles. The summed E-state index contributed by atoms with van der Waals surface area (Å²) in [5, 5.41) is 3.31. The van der Waals surface area contributed by atoms with Crippen molar-refractivity contribution in [3.63, 3.8) is 0 Å². The van der Waals surface area contributed by atoms with Crippen LogP contribution < -0.4 is 5.32 Å². The van der Waals surface area contributed by atoms with Crippen molar-refractivity contribution in [2.75, 3.05) is 26.3 Å². The number of hydrogen-bond donors (Lipinski definition) is 1. The Morgan fingerprint density at radius 3 is 2.29 bits per heavy atom. The average Bonchev–Trinajstić information content (AvgIpc) is 2.45. The van der Waals surface area contributed by atoms with Gasteiger partial charge < -0.3 is 10.1 Å². The molecular weight excluding hydrogens is 358 g/mol. The zero-order chi connectivity index (χ0) is 15.5. The number of ether oxygens (including phenoxy) is 1. The minimum Gasteiger partial charge on any atom is -0.379 e. The molecule has 2 rings (SSSR count). The maximum absolute atomic E-state index is 12.3. The van der Waals surface area contributed by atoms with Gasteiger partial charge in [-0.05, 0) is 24.3 Å². The fraction of sp³-hybridized carbons (Fsp3) is 0.462. The molecule has 0 aliphatic carbocycles. The van der Waals surface area contributed by atoms with Crippen molar-refractivity contribution in [1.29, 1.82) is 0 Å². The number of nitrogens with one attached hydrogen (secondary N) is 1. The number of carbonyl (C=O) groups excluding carboxylic acids is 1. The lowest BCUT2D eigenvalue weighted by Crippen LogP contribution is -2.58. The summed E-state index contributed by atoms with van der Waals surface area (Å²) in [6, 6.07) is 6.50. The largest absolute Gasteiger partial charge is 0.379 e. The second kappa shape index (κ2) is 7.36. The van der Waals surface area contributed by atoms with Crippen LogP contribution in [-0.4, -0.2) is 47.1 Å². The Morgan fingerprint density at radius 2 is 1.76 bits per heavy atom. The van der Waals surface area contributed by atoms with Gasteiger partial charge in [-0.15, -0.1) is 0 Å². The molecule has 4 nitrogen and oxygen atoms in total. The molecule has 8 heteroatoms. The Morgan fingerprint density at radius 1 is 1.19 bits per heavy atom. The zero-order valence-corrected chi connectivity index (χ0v) is 14.0. The van der Waals surface area contributed by atoms with Crippen LogP contribution >= 0.6 is 46.4 Å². The summed E-state index contributed by atoms with van der Waals surface area (Å²) < 4.78 is 3.63. The van der Waals surface area contributed by atoms with Gasteiger partial charge in [-0.3, -0.25) is 9.69 Å². The standard InChI is InChI=1S/C13H14Cl4N2O2/c14-10-3-1-9(2-4-10)11(20)18-12(13(15,16)17)19-5-7-21-8-6-19/h1-4,12H,5-8H2,(H,18,20). The second-order valence-electron chi connectivity index (χ2n) is 4.57. The van der Waals surface area contributed by atoms with Crippen LogP contribution in [0.25, 0.3) is 0 Å². The summed E-state index contributed by atoms with van der Waals surface area (Å²) in [7, 11) is 0. The number of morpholine rings is 1. The summed E-state index contributed by atoms with van der Waals surface area (Å²) in [5.74, 6) is -0.325. The first-order valence-corrected chi connectivity index (χ1v) is 7.84. The lowest BCUT2D eigenvalue weighted by Gasteiger charge is -2.38. The molecule has 1 aliphatic heterocycles. The maximum atomic E-state index is 12.3. The third-order valence-corrected chi connectivity index (χ3v) is 3.97. The highest BCUT2D eigenvalue weighted by atomic mass is 35.6. The summed E-state index contributed by atoms with van der Waals surface area (Å²) >= 11 is 23.8. The van der Waals surface area contributed by atoms with Crippen molar-refractivity contribution in [3.05, 3.63) is 34.9 Å². The number of rotatable bonds is 3. The van der Waals surface area contributed by atoms with Crippen LogP contribution in [0.4, 0.5) is 0 Å². The van der Waals surface area contributed by atoms with Crippen molar-refractivity contribution in [3.8, 4) is 0 Å². The van der Waals surface area contributed by atoms with E-state index in [-0.39, 0.29) is 5.91 Å². The molecule has 1 heterocycles. The summed E-state index contributed by atoms with van der Waals surface area (Å²) in [4.78, 5) is 14.1. The number of halogens is 4. The number of alkyl halides is 3. The Hall–Kier alpha value is -0.230. The van der Waals surface area contributed by atoms with Gasteiger partial charge in [0.1, 0.15) is 6.17 Å². The highest BCUT2D eigenvalue weighted by Gasteiger charge is 2.39. The van der Waals surface area contributed by atoms with Gasteiger partial charge in [0.25, 0.3) is 5.91 Å². The van der Waals surface area contributed by atoms with Crippen LogP contribution in [0, 0.1) is 0 Å². The summed E-state index contributed by atoms with van der Waals surface area (Å²) in [6.07, 6.45) is -0.727. The minimum atomic E-state index is -1.64. The van der Waals surface area contributed by atoms with Crippen LogP contribution in [0.5, 0.6) is 0 Å². The molecule has 1 aliphatic rings. The van der Waals surface area contributed by atoms with E-state index < -0.39 is 9.96 Å². The average molecular weight is 372 g/mol. The first-order chi connectivity index (χ1) is 9.88. The Kier molecular flexibility index (Phi) is 6.00. The van der Waals surface area contributed by atoms with E-state index in [0.29, 0.717) is 36.9 Å². The van der Waals surface area contributed by atoms with Crippen molar-refractivity contribution in [2.45, 2.75) is 9.96 Å². The smallest absolute Gasteiger partial charge is 0.252 e. The second-order valence-corrected chi connectivity index (χ2v) is 7.38. The van der Waals surface area contributed by atoms with Gasteiger partial charge in [0.15, 0.2) is 0 Å². The molecule has 21 heavy (non-hydrogen) atoms. The molecule has 0 bridgehead atoms. The number of carbonyl (C=O) groups is 1. The van der Waals surface area contributed by atoms with Crippen LogP contribution in [-0.2, 0) is 4.74 Å². The molecule has 1 fully saturated rings. The van der Waals surface area contributed by atoms with E-state index in [1.165, 1.54) is 0 Å². The van der Waals surface area contributed by atoms with Crippen molar-refractivity contribution in [1.82, 2.24) is 10.2 Å². The highest BCUT2D eigenvalue weighted by molar-refractivity contribution is 6.68. The van der Waals surface area contributed by atoms with E-state index in [2.05, 4.69) is 5.32 Å². The Labute approximate surface area is 143 Å². The Balaban J connectivity index is 2.10. The van der Waals surface area contributed by atoms with Crippen LogP contribution in [0.15, 0.2) is 24.3 Å². The van der Waals surface area contributed by atoms with E-state index in [0.717, 1.165) is 0 Å². The van der Waals surface area contributed by atoms with Gasteiger partial charge in [-0.2, -0.15) is 0 Å². The number of benzene rings is 1. The predicted molar refractivity (Wildman–Crippen MR) is 85.4 cm³/mol. The fourth-order valence-electron chi connectivity index (χ4n) is 2.02. The van der Waals surface area contributed by atoms with Gasteiger partial charge in [0.2, 0.25) is 3.79 Å². The number of nitrogens with zero attached hydrogens (tertiary/aromatic N) is 1. The lowest BCUT2D eigenvalue weighted by molar-refractivity contribution is 0.00996. The first kappa shape index (κ1) is 17.1. The molecule has 1 amide bonds. The molecule has 116 valence electrons. The van der Waals surface area contributed by atoms with Crippen LogP contribution in [0.1, 0.15) is 10.4 Å². The van der Waals surface area contributed by atoms with Gasteiger partial charge in [0.05, 0.1) is 13.2 Å². The lowest BCUT2D eigenvalue weighted by atomic mass is 10.2. The third-order valence-electron chi connectivity index (χ3n) is 3.10. The normalized spacial score (nSPS) is 18.3. The number of hydrogen-bond acceptors (Lipinski definition) is 3. The van der Waals surface area contributed by atoms with Gasteiger partial charge in [0, 0.05) is 23.7 Å². The van der Waals surface area contributed by atoms with E-state index in [1.54, 1.807) is 24.3 Å². The fourth-order valence-corrected chi connectivity index (χ4v) is 2.73.